The van der Waals surface area contributed by atoms with Gasteiger partial charge in [0.25, 0.3) is 11.8 Å². The van der Waals surface area contributed by atoms with E-state index in [1.807, 2.05) is 0 Å². The van der Waals surface area contributed by atoms with Gasteiger partial charge < -0.3 is 15.8 Å². The van der Waals surface area contributed by atoms with E-state index in [9.17, 15) is 14.0 Å². The standard InChI is InChI=1S/C17H16BrFN2O3S/c18-11-7-9(19)5-6-12(11)24-8-14(22)21-17-15(16(20)23)10-3-1-2-4-13(10)25-17/h5-7H,1-4,8H2,(H2,20,23)(H,21,22). The van der Waals surface area contributed by atoms with Crippen molar-refractivity contribution < 1.29 is 18.7 Å². The summed E-state index contributed by atoms with van der Waals surface area (Å²) in [7, 11) is 0. The molecular weight excluding hydrogens is 411 g/mol. The first kappa shape index (κ1) is 17.9. The molecular formula is C17H16BrFN2O3S. The van der Waals surface area contributed by atoms with Crippen molar-refractivity contribution in [2.24, 2.45) is 5.73 Å². The van der Waals surface area contributed by atoms with Gasteiger partial charge in [0.1, 0.15) is 16.6 Å². The van der Waals surface area contributed by atoms with Crippen LogP contribution in [-0.4, -0.2) is 18.4 Å². The van der Waals surface area contributed by atoms with E-state index in [0.717, 1.165) is 36.1 Å². The van der Waals surface area contributed by atoms with E-state index in [1.165, 1.54) is 29.5 Å². The van der Waals surface area contributed by atoms with Crippen LogP contribution < -0.4 is 15.8 Å². The molecule has 8 heteroatoms. The number of fused-ring (bicyclic) bond motifs is 1. The summed E-state index contributed by atoms with van der Waals surface area (Å²) in [6.07, 6.45) is 3.79. The Labute approximate surface area is 156 Å². The molecule has 0 aliphatic heterocycles. The number of carbonyl (C=O) groups excluding carboxylic acids is 2. The molecule has 0 radical (unpaired) electrons. The number of amides is 2. The summed E-state index contributed by atoms with van der Waals surface area (Å²) >= 11 is 4.58. The van der Waals surface area contributed by atoms with Gasteiger partial charge in [-0.2, -0.15) is 0 Å². The summed E-state index contributed by atoms with van der Waals surface area (Å²) in [5, 5.41) is 3.19. The van der Waals surface area contributed by atoms with Crippen molar-refractivity contribution >= 4 is 44.1 Å². The summed E-state index contributed by atoms with van der Waals surface area (Å²) in [6, 6.07) is 3.94. The number of anilines is 1. The number of nitrogens with one attached hydrogen (secondary N) is 1. The molecule has 1 heterocycles. The van der Waals surface area contributed by atoms with Crippen LogP contribution in [-0.2, 0) is 17.6 Å². The maximum atomic E-state index is 13.1. The van der Waals surface area contributed by atoms with Crippen LogP contribution in [0.4, 0.5) is 9.39 Å². The Morgan fingerprint density at radius 2 is 2.08 bits per heavy atom. The van der Waals surface area contributed by atoms with Gasteiger partial charge in [-0.3, -0.25) is 9.59 Å². The third-order valence-electron chi connectivity index (χ3n) is 3.92. The highest BCUT2D eigenvalue weighted by atomic mass is 79.9. The second-order valence-electron chi connectivity index (χ2n) is 5.69. The number of primary amides is 1. The maximum absolute atomic E-state index is 13.1. The minimum atomic E-state index is -0.531. The molecule has 1 aliphatic rings. The van der Waals surface area contributed by atoms with E-state index in [0.29, 0.717) is 20.8 Å². The number of aryl methyl sites for hydroxylation is 1. The third kappa shape index (κ3) is 4.01. The first-order valence-corrected chi connectivity index (χ1v) is 9.38. The van der Waals surface area contributed by atoms with Crippen LogP contribution in [0.15, 0.2) is 22.7 Å². The van der Waals surface area contributed by atoms with Crippen LogP contribution in [0.25, 0.3) is 0 Å². The van der Waals surface area contributed by atoms with Crippen LogP contribution in [0.3, 0.4) is 0 Å². The van der Waals surface area contributed by atoms with Gasteiger partial charge in [0.15, 0.2) is 6.61 Å². The molecule has 0 unspecified atom stereocenters. The molecule has 3 rings (SSSR count). The lowest BCUT2D eigenvalue weighted by Crippen LogP contribution is -2.22. The Balaban J connectivity index is 1.70. The minimum absolute atomic E-state index is 0.259. The molecule has 25 heavy (non-hydrogen) atoms. The smallest absolute Gasteiger partial charge is 0.262 e. The lowest BCUT2D eigenvalue weighted by atomic mass is 9.95. The molecule has 2 aromatic rings. The highest BCUT2D eigenvalue weighted by molar-refractivity contribution is 9.10. The van der Waals surface area contributed by atoms with Crippen molar-refractivity contribution in [3.8, 4) is 5.75 Å². The Morgan fingerprint density at radius 1 is 1.32 bits per heavy atom. The predicted octanol–water partition coefficient (Wildman–Crippen LogP) is 3.64. The van der Waals surface area contributed by atoms with Crippen LogP contribution in [0.2, 0.25) is 0 Å². The zero-order valence-corrected chi connectivity index (χ0v) is 15.6. The van der Waals surface area contributed by atoms with Gasteiger partial charge in [-0.15, -0.1) is 11.3 Å². The number of hydrogen-bond acceptors (Lipinski definition) is 4. The lowest BCUT2D eigenvalue weighted by Gasteiger charge is -2.11. The van der Waals surface area contributed by atoms with E-state index in [-0.39, 0.29) is 6.61 Å². The Bertz CT molecular complexity index is 838. The summed E-state index contributed by atoms with van der Waals surface area (Å²) in [4.78, 5) is 25.1. The van der Waals surface area contributed by atoms with Crippen molar-refractivity contribution in [1.29, 1.82) is 0 Å². The summed E-state index contributed by atoms with van der Waals surface area (Å²) in [5.74, 6) is -0.981. The number of thiophene rings is 1. The lowest BCUT2D eigenvalue weighted by molar-refractivity contribution is -0.118. The number of benzene rings is 1. The summed E-state index contributed by atoms with van der Waals surface area (Å²) < 4.78 is 18.9. The Kier molecular flexibility index (Phi) is 5.39. The van der Waals surface area contributed by atoms with Crippen molar-refractivity contribution in [3.05, 3.63) is 44.5 Å². The fraction of sp³-hybridized carbons (Fsp3) is 0.294. The number of halogens is 2. The molecule has 0 spiro atoms. The molecule has 0 saturated heterocycles. The number of nitrogens with two attached hydrogens (primary N) is 1. The molecule has 0 saturated carbocycles. The van der Waals surface area contributed by atoms with Gasteiger partial charge >= 0.3 is 0 Å². The number of ether oxygens (including phenoxy) is 1. The SMILES string of the molecule is NC(=O)c1c(NC(=O)COc2ccc(F)cc2Br)sc2c1CCCC2. The van der Waals surface area contributed by atoms with Gasteiger partial charge in [-0.05, 0) is 65.4 Å². The summed E-state index contributed by atoms with van der Waals surface area (Å²) in [6.45, 7) is -0.259. The molecule has 0 bridgehead atoms. The van der Waals surface area contributed by atoms with Crippen molar-refractivity contribution in [2.45, 2.75) is 25.7 Å². The third-order valence-corrected chi connectivity index (χ3v) is 5.75. The average molecular weight is 427 g/mol. The van der Waals surface area contributed by atoms with Crippen LogP contribution in [0.5, 0.6) is 5.75 Å². The fourth-order valence-corrected chi connectivity index (χ4v) is 4.59. The molecule has 5 nitrogen and oxygen atoms in total. The maximum Gasteiger partial charge on any atom is 0.262 e. The van der Waals surface area contributed by atoms with Crippen LogP contribution in [0, 0.1) is 5.82 Å². The number of rotatable bonds is 5. The summed E-state index contributed by atoms with van der Waals surface area (Å²) in [5.41, 5.74) is 6.87. The van der Waals surface area contributed by atoms with E-state index in [4.69, 9.17) is 10.5 Å². The van der Waals surface area contributed by atoms with Crippen LogP contribution in [0.1, 0.15) is 33.6 Å². The molecule has 0 atom stereocenters. The first-order chi connectivity index (χ1) is 12.0. The minimum Gasteiger partial charge on any atom is -0.483 e. The Hall–Kier alpha value is -1.93. The van der Waals surface area contributed by atoms with Crippen molar-refractivity contribution in [1.82, 2.24) is 0 Å². The average Bonchev–Trinajstić information content (AvgIpc) is 2.91. The zero-order valence-electron chi connectivity index (χ0n) is 13.2. The molecule has 3 N–H and O–H groups in total. The molecule has 132 valence electrons. The molecule has 1 aromatic carbocycles. The Morgan fingerprint density at radius 3 is 2.80 bits per heavy atom. The highest BCUT2D eigenvalue weighted by Crippen LogP contribution is 2.37. The zero-order chi connectivity index (χ0) is 18.0. The largest absolute Gasteiger partial charge is 0.483 e. The van der Waals surface area contributed by atoms with E-state index < -0.39 is 17.6 Å². The van der Waals surface area contributed by atoms with Crippen molar-refractivity contribution in [3.63, 3.8) is 0 Å². The molecule has 1 aliphatic carbocycles. The molecule has 0 fully saturated rings. The van der Waals surface area contributed by atoms with E-state index >= 15 is 0 Å². The van der Waals surface area contributed by atoms with E-state index in [2.05, 4.69) is 21.2 Å². The van der Waals surface area contributed by atoms with Gasteiger partial charge in [-0.1, -0.05) is 0 Å². The molecule has 2 amide bonds. The highest BCUT2D eigenvalue weighted by Gasteiger charge is 2.25. The second-order valence-corrected chi connectivity index (χ2v) is 7.65. The quantitative estimate of drug-likeness (QED) is 0.765. The first-order valence-electron chi connectivity index (χ1n) is 7.77. The fourth-order valence-electron chi connectivity index (χ4n) is 2.81. The van der Waals surface area contributed by atoms with Gasteiger partial charge in [0, 0.05) is 4.88 Å². The van der Waals surface area contributed by atoms with Crippen molar-refractivity contribution in [2.75, 3.05) is 11.9 Å². The molecule has 1 aromatic heterocycles. The number of hydrogen-bond donors (Lipinski definition) is 2. The topological polar surface area (TPSA) is 81.4 Å². The monoisotopic (exact) mass is 426 g/mol. The van der Waals surface area contributed by atoms with Gasteiger partial charge in [-0.25, -0.2) is 4.39 Å². The van der Waals surface area contributed by atoms with E-state index in [1.54, 1.807) is 0 Å². The second kappa shape index (κ2) is 7.53. The predicted molar refractivity (Wildman–Crippen MR) is 97.7 cm³/mol. The van der Waals surface area contributed by atoms with Gasteiger partial charge in [0.2, 0.25) is 0 Å². The normalized spacial score (nSPS) is 13.2. The van der Waals surface area contributed by atoms with Gasteiger partial charge in [0.05, 0.1) is 10.0 Å². The van der Waals surface area contributed by atoms with Crippen LogP contribution >= 0.6 is 27.3 Å². The number of carbonyl (C=O) groups is 2.